The summed E-state index contributed by atoms with van der Waals surface area (Å²) in [7, 11) is 0. The fourth-order valence-electron chi connectivity index (χ4n) is 3.14. The molecule has 20 heavy (non-hydrogen) atoms. The largest absolute Gasteiger partial charge is 0.481 e. The Morgan fingerprint density at radius 1 is 1.45 bits per heavy atom. The van der Waals surface area contributed by atoms with E-state index in [2.05, 4.69) is 18.4 Å². The lowest BCUT2D eigenvalue weighted by Gasteiger charge is -2.31. The van der Waals surface area contributed by atoms with Crippen molar-refractivity contribution in [3.05, 3.63) is 21.9 Å². The minimum atomic E-state index is -0.774. The zero-order valence-corrected chi connectivity index (χ0v) is 12.4. The Morgan fingerprint density at radius 2 is 2.25 bits per heavy atom. The molecule has 1 amide bonds. The molecule has 1 aliphatic heterocycles. The number of thiophene rings is 1. The molecule has 1 saturated heterocycles. The normalized spacial score (nSPS) is 29.2. The first kappa shape index (κ1) is 13.6. The second-order valence-electron chi connectivity index (χ2n) is 5.88. The maximum absolute atomic E-state index is 12.5. The molecule has 1 saturated carbocycles. The summed E-state index contributed by atoms with van der Waals surface area (Å²) < 4.78 is 0. The Hall–Kier alpha value is -1.36. The van der Waals surface area contributed by atoms with Gasteiger partial charge in [-0.2, -0.15) is 0 Å². The quantitative estimate of drug-likeness (QED) is 0.931. The lowest BCUT2D eigenvalue weighted by atomic mass is 9.98. The fourth-order valence-corrected chi connectivity index (χ4v) is 4.24. The number of piperidine rings is 1. The number of hydrogen-bond donors (Lipinski definition) is 1. The Morgan fingerprint density at radius 3 is 2.90 bits per heavy atom. The molecule has 2 fully saturated rings. The highest BCUT2D eigenvalue weighted by atomic mass is 32.1. The van der Waals surface area contributed by atoms with Crippen LogP contribution < -0.4 is 0 Å². The van der Waals surface area contributed by atoms with Gasteiger partial charge in [0.25, 0.3) is 0 Å². The van der Waals surface area contributed by atoms with Crippen molar-refractivity contribution < 1.29 is 14.7 Å². The smallest absolute Gasteiger partial charge is 0.308 e. The van der Waals surface area contributed by atoms with Gasteiger partial charge in [-0.15, -0.1) is 11.3 Å². The van der Waals surface area contributed by atoms with Crippen molar-refractivity contribution in [3.8, 4) is 0 Å². The second kappa shape index (κ2) is 5.20. The summed E-state index contributed by atoms with van der Waals surface area (Å²) in [5.74, 6) is -0.543. The number of amides is 1. The van der Waals surface area contributed by atoms with E-state index >= 15 is 0 Å². The molecule has 108 valence electrons. The van der Waals surface area contributed by atoms with Gasteiger partial charge in [-0.3, -0.25) is 9.59 Å². The number of nitrogens with zero attached hydrogens (tertiary/aromatic N) is 1. The van der Waals surface area contributed by atoms with Crippen LogP contribution in [0.4, 0.5) is 0 Å². The number of carbonyl (C=O) groups is 2. The number of rotatable bonds is 3. The summed E-state index contributed by atoms with van der Waals surface area (Å²) in [5.41, 5.74) is 1.28. The molecule has 2 aliphatic rings. The van der Waals surface area contributed by atoms with E-state index in [9.17, 15) is 9.59 Å². The number of carboxylic acid groups (broad SMARTS) is 1. The van der Waals surface area contributed by atoms with Crippen LogP contribution in [0.2, 0.25) is 0 Å². The molecule has 1 aliphatic carbocycles. The number of carboxylic acids is 1. The predicted octanol–water partition coefficient (Wildman–Crippen LogP) is 2.48. The van der Waals surface area contributed by atoms with Crippen LogP contribution >= 0.6 is 11.3 Å². The van der Waals surface area contributed by atoms with Gasteiger partial charge in [0.2, 0.25) is 5.91 Å². The Bertz CT molecular complexity index is 539. The third kappa shape index (κ3) is 2.46. The van der Waals surface area contributed by atoms with Gasteiger partial charge in [-0.1, -0.05) is 0 Å². The van der Waals surface area contributed by atoms with Gasteiger partial charge in [0.1, 0.15) is 0 Å². The van der Waals surface area contributed by atoms with E-state index in [0.29, 0.717) is 18.9 Å². The maximum atomic E-state index is 12.5. The van der Waals surface area contributed by atoms with Gasteiger partial charge < -0.3 is 10.0 Å². The summed E-state index contributed by atoms with van der Waals surface area (Å²) in [6.07, 6.45) is 2.42. The van der Waals surface area contributed by atoms with Gasteiger partial charge in [0, 0.05) is 29.8 Å². The van der Waals surface area contributed by atoms with E-state index in [1.807, 2.05) is 0 Å². The Labute approximate surface area is 122 Å². The van der Waals surface area contributed by atoms with Crippen LogP contribution in [0.15, 0.2) is 11.4 Å². The van der Waals surface area contributed by atoms with Crippen molar-refractivity contribution >= 4 is 23.2 Å². The van der Waals surface area contributed by atoms with Crippen molar-refractivity contribution in [3.63, 3.8) is 0 Å². The Balaban J connectivity index is 1.63. The molecule has 0 radical (unpaired) electrons. The summed E-state index contributed by atoms with van der Waals surface area (Å²) in [5, 5.41) is 11.2. The average Bonchev–Trinajstić information content (AvgIpc) is 3.12. The zero-order chi connectivity index (χ0) is 14.3. The van der Waals surface area contributed by atoms with Gasteiger partial charge in [-0.05, 0) is 43.2 Å². The zero-order valence-electron chi connectivity index (χ0n) is 11.5. The topological polar surface area (TPSA) is 57.6 Å². The molecule has 1 aromatic rings. The summed E-state index contributed by atoms with van der Waals surface area (Å²) in [4.78, 5) is 26.7. The highest BCUT2D eigenvalue weighted by molar-refractivity contribution is 7.10. The van der Waals surface area contributed by atoms with E-state index in [0.717, 1.165) is 19.4 Å². The molecule has 3 unspecified atom stereocenters. The monoisotopic (exact) mass is 293 g/mol. The minimum absolute atomic E-state index is 0.0832. The molecule has 3 atom stereocenters. The standard InChI is InChI=1S/C15H19NO3S/c1-9-4-6-20-13(9)11-7-12(11)14(17)16-5-2-3-10(8-16)15(18)19/h4,6,10-12H,2-3,5,7-8H2,1H3,(H,18,19). The number of hydrogen-bond acceptors (Lipinski definition) is 3. The number of carbonyl (C=O) groups excluding carboxylic acids is 1. The molecule has 0 bridgehead atoms. The van der Waals surface area contributed by atoms with E-state index in [-0.39, 0.29) is 17.7 Å². The molecule has 3 rings (SSSR count). The molecular formula is C15H19NO3S. The molecule has 2 heterocycles. The van der Waals surface area contributed by atoms with Crippen LogP contribution in [0.3, 0.4) is 0 Å². The molecular weight excluding hydrogens is 274 g/mol. The van der Waals surface area contributed by atoms with Crippen LogP contribution in [0, 0.1) is 18.8 Å². The highest BCUT2D eigenvalue weighted by Crippen LogP contribution is 2.51. The van der Waals surface area contributed by atoms with Crippen molar-refractivity contribution in [2.45, 2.75) is 32.1 Å². The lowest BCUT2D eigenvalue weighted by Crippen LogP contribution is -2.43. The second-order valence-corrected chi connectivity index (χ2v) is 6.83. The SMILES string of the molecule is Cc1ccsc1C1CC1C(=O)N1CCCC(C(=O)O)C1. The third-order valence-electron chi connectivity index (χ3n) is 4.43. The first-order valence-corrected chi connectivity index (χ1v) is 8.01. The first-order valence-electron chi connectivity index (χ1n) is 7.13. The van der Waals surface area contributed by atoms with Crippen molar-refractivity contribution in [2.24, 2.45) is 11.8 Å². The molecule has 1 N–H and O–H groups in total. The molecule has 0 spiro atoms. The predicted molar refractivity (Wildman–Crippen MR) is 76.8 cm³/mol. The number of aryl methyl sites for hydroxylation is 1. The van der Waals surface area contributed by atoms with Crippen LogP contribution in [0.25, 0.3) is 0 Å². The molecule has 1 aromatic heterocycles. The molecule has 5 heteroatoms. The van der Waals surface area contributed by atoms with Gasteiger partial charge in [0.05, 0.1) is 5.92 Å². The minimum Gasteiger partial charge on any atom is -0.481 e. The van der Waals surface area contributed by atoms with Crippen LogP contribution in [-0.2, 0) is 9.59 Å². The van der Waals surface area contributed by atoms with Gasteiger partial charge in [0.15, 0.2) is 0 Å². The average molecular weight is 293 g/mol. The third-order valence-corrected chi connectivity index (χ3v) is 5.58. The summed E-state index contributed by atoms with van der Waals surface area (Å²) in [6.45, 7) is 3.20. The van der Waals surface area contributed by atoms with E-state index in [1.54, 1.807) is 16.2 Å². The molecule has 0 aromatic carbocycles. The fraction of sp³-hybridized carbons (Fsp3) is 0.600. The van der Waals surface area contributed by atoms with Gasteiger partial charge in [-0.25, -0.2) is 0 Å². The van der Waals surface area contributed by atoms with Crippen molar-refractivity contribution in [2.75, 3.05) is 13.1 Å². The summed E-state index contributed by atoms with van der Waals surface area (Å²) >= 11 is 1.73. The lowest BCUT2D eigenvalue weighted by molar-refractivity contribution is -0.146. The van der Waals surface area contributed by atoms with Gasteiger partial charge >= 0.3 is 5.97 Å². The van der Waals surface area contributed by atoms with E-state index in [1.165, 1.54) is 10.4 Å². The van der Waals surface area contributed by atoms with Crippen LogP contribution in [0.1, 0.15) is 35.6 Å². The number of aliphatic carboxylic acids is 1. The van der Waals surface area contributed by atoms with Crippen LogP contribution in [0.5, 0.6) is 0 Å². The highest BCUT2D eigenvalue weighted by Gasteiger charge is 2.47. The van der Waals surface area contributed by atoms with E-state index < -0.39 is 5.97 Å². The summed E-state index contributed by atoms with van der Waals surface area (Å²) in [6, 6.07) is 2.10. The van der Waals surface area contributed by atoms with Crippen molar-refractivity contribution in [1.82, 2.24) is 4.90 Å². The van der Waals surface area contributed by atoms with E-state index in [4.69, 9.17) is 5.11 Å². The van der Waals surface area contributed by atoms with Crippen LogP contribution in [-0.4, -0.2) is 35.0 Å². The maximum Gasteiger partial charge on any atom is 0.308 e. The van der Waals surface area contributed by atoms with Crippen molar-refractivity contribution in [1.29, 1.82) is 0 Å². The first-order chi connectivity index (χ1) is 9.58. The molecule has 4 nitrogen and oxygen atoms in total. The Kier molecular flexibility index (Phi) is 3.54. The number of likely N-dealkylation sites (tertiary alicyclic amines) is 1.